The predicted molar refractivity (Wildman–Crippen MR) is 113 cm³/mol. The quantitative estimate of drug-likeness (QED) is 0.770. The molecule has 1 aliphatic rings. The molecule has 2 aromatic carbocycles. The number of nitrogens with zero attached hydrogens (tertiary/aromatic N) is 2. The van der Waals surface area contributed by atoms with Crippen LogP contribution in [-0.2, 0) is 10.0 Å². The average molecular weight is 409 g/mol. The summed E-state index contributed by atoms with van der Waals surface area (Å²) in [5, 5.41) is 0. The van der Waals surface area contributed by atoms with Gasteiger partial charge in [-0.2, -0.15) is 4.31 Å². The number of aryl methyl sites for hydroxylation is 2. The number of piperazine rings is 1. The van der Waals surface area contributed by atoms with E-state index in [0.29, 0.717) is 18.0 Å². The molecule has 0 aromatic heterocycles. The number of hydrogen-bond donors (Lipinski definition) is 0. The Kier molecular flexibility index (Phi) is 6.74. The Morgan fingerprint density at radius 1 is 0.926 bits per heavy atom. The largest absolute Gasteiger partial charge is 0.303 e. The second-order valence-electron chi connectivity index (χ2n) is 7.39. The molecular formula is C21H29ClN2O2S. The maximum Gasteiger partial charge on any atom is 0.244 e. The van der Waals surface area contributed by atoms with Crippen LogP contribution in [0.5, 0.6) is 0 Å². The molecule has 1 atom stereocenters. The van der Waals surface area contributed by atoms with E-state index < -0.39 is 10.0 Å². The number of rotatable bonds is 3. The van der Waals surface area contributed by atoms with Crippen molar-refractivity contribution in [3.8, 4) is 0 Å². The Hall–Kier alpha value is -1.40. The van der Waals surface area contributed by atoms with E-state index in [9.17, 15) is 8.42 Å². The minimum absolute atomic E-state index is 0. The molecule has 6 heteroatoms. The molecule has 0 N–H and O–H groups in total. The van der Waals surface area contributed by atoms with Gasteiger partial charge in [-0.15, -0.1) is 12.4 Å². The Balaban J connectivity index is 0.00000261. The normalized spacial score (nSPS) is 18.9. The van der Waals surface area contributed by atoms with Crippen LogP contribution in [0.15, 0.2) is 41.3 Å². The fraction of sp³-hybridized carbons (Fsp3) is 0.429. The highest BCUT2D eigenvalue weighted by Crippen LogP contribution is 2.35. The van der Waals surface area contributed by atoms with E-state index in [4.69, 9.17) is 0 Å². The van der Waals surface area contributed by atoms with Gasteiger partial charge in [-0.25, -0.2) is 8.42 Å². The van der Waals surface area contributed by atoms with E-state index in [1.54, 1.807) is 4.31 Å². The second-order valence-corrected chi connectivity index (χ2v) is 9.22. The number of likely N-dealkylation sites (N-methyl/N-ethyl adjacent to an activating group) is 1. The molecule has 4 nitrogen and oxygen atoms in total. The molecule has 0 amide bonds. The highest BCUT2D eigenvalue weighted by molar-refractivity contribution is 7.89. The highest BCUT2D eigenvalue weighted by Gasteiger charge is 2.37. The summed E-state index contributed by atoms with van der Waals surface area (Å²) in [7, 11) is -1.53. The van der Waals surface area contributed by atoms with Gasteiger partial charge in [0, 0.05) is 19.6 Å². The van der Waals surface area contributed by atoms with Crippen LogP contribution in [0.3, 0.4) is 0 Å². The molecule has 3 rings (SSSR count). The smallest absolute Gasteiger partial charge is 0.244 e. The Bertz CT molecular complexity index is 887. The van der Waals surface area contributed by atoms with Crippen molar-refractivity contribution in [1.82, 2.24) is 9.21 Å². The summed E-state index contributed by atoms with van der Waals surface area (Å²) in [6, 6.07) is 11.9. The van der Waals surface area contributed by atoms with E-state index in [1.807, 2.05) is 65.1 Å². The molecule has 0 saturated carbocycles. The zero-order valence-electron chi connectivity index (χ0n) is 16.7. The molecule has 2 aromatic rings. The van der Waals surface area contributed by atoms with Gasteiger partial charge < -0.3 is 4.90 Å². The van der Waals surface area contributed by atoms with Crippen LogP contribution in [0.25, 0.3) is 0 Å². The molecule has 27 heavy (non-hydrogen) atoms. The monoisotopic (exact) mass is 408 g/mol. The summed E-state index contributed by atoms with van der Waals surface area (Å²) in [6.07, 6.45) is 0. The Morgan fingerprint density at radius 3 is 2.04 bits per heavy atom. The van der Waals surface area contributed by atoms with Crippen molar-refractivity contribution < 1.29 is 8.42 Å². The summed E-state index contributed by atoms with van der Waals surface area (Å²) >= 11 is 0. The van der Waals surface area contributed by atoms with Gasteiger partial charge >= 0.3 is 0 Å². The Labute approximate surface area is 169 Å². The zero-order valence-corrected chi connectivity index (χ0v) is 18.3. The van der Waals surface area contributed by atoms with Gasteiger partial charge in [-0.05, 0) is 62.6 Å². The van der Waals surface area contributed by atoms with Crippen molar-refractivity contribution in [3.63, 3.8) is 0 Å². The van der Waals surface area contributed by atoms with Crippen molar-refractivity contribution >= 4 is 22.4 Å². The summed E-state index contributed by atoms with van der Waals surface area (Å²) in [4.78, 5) is 2.69. The lowest BCUT2D eigenvalue weighted by atomic mass is 10.0. The van der Waals surface area contributed by atoms with Crippen LogP contribution in [0, 0.1) is 27.7 Å². The first-order valence-corrected chi connectivity index (χ1v) is 10.5. The first-order chi connectivity index (χ1) is 12.2. The SMILES string of the molecule is Cc1cc(C)c(C)c(S(=O)(=O)N2CCN(C)CC2c2ccccc2)c1C.Cl. The van der Waals surface area contributed by atoms with E-state index in [1.165, 1.54) is 0 Å². The van der Waals surface area contributed by atoms with Gasteiger partial charge in [0.25, 0.3) is 0 Å². The van der Waals surface area contributed by atoms with Gasteiger partial charge in [-0.3, -0.25) is 0 Å². The lowest BCUT2D eigenvalue weighted by molar-refractivity contribution is 0.160. The molecule has 148 valence electrons. The van der Waals surface area contributed by atoms with Crippen LogP contribution < -0.4 is 0 Å². The van der Waals surface area contributed by atoms with Crippen molar-refractivity contribution in [3.05, 3.63) is 64.2 Å². The van der Waals surface area contributed by atoms with Crippen molar-refractivity contribution in [2.75, 3.05) is 26.7 Å². The zero-order chi connectivity index (χ0) is 19.1. The number of halogens is 1. The molecule has 1 fully saturated rings. The summed E-state index contributed by atoms with van der Waals surface area (Å²) in [5.74, 6) is 0. The van der Waals surface area contributed by atoms with Gasteiger partial charge in [0.15, 0.2) is 0 Å². The number of hydrogen-bond acceptors (Lipinski definition) is 3. The summed E-state index contributed by atoms with van der Waals surface area (Å²) in [6.45, 7) is 9.76. The molecule has 0 bridgehead atoms. The van der Waals surface area contributed by atoms with E-state index in [2.05, 4.69) is 11.0 Å². The van der Waals surface area contributed by atoms with Gasteiger partial charge in [-0.1, -0.05) is 36.4 Å². The van der Waals surface area contributed by atoms with E-state index in [0.717, 1.165) is 34.4 Å². The van der Waals surface area contributed by atoms with E-state index in [-0.39, 0.29) is 18.4 Å². The molecule has 0 aliphatic carbocycles. The fourth-order valence-corrected chi connectivity index (χ4v) is 6.00. The molecular weight excluding hydrogens is 380 g/mol. The lowest BCUT2D eigenvalue weighted by Crippen LogP contribution is -2.49. The first-order valence-electron chi connectivity index (χ1n) is 9.06. The molecule has 1 unspecified atom stereocenters. The molecule has 0 spiro atoms. The molecule has 1 aliphatic heterocycles. The number of sulfonamides is 1. The molecule has 0 radical (unpaired) electrons. The summed E-state index contributed by atoms with van der Waals surface area (Å²) in [5.41, 5.74) is 4.81. The van der Waals surface area contributed by atoms with Crippen LogP contribution >= 0.6 is 12.4 Å². The fourth-order valence-electron chi connectivity index (χ4n) is 3.82. The maximum absolute atomic E-state index is 13.7. The molecule has 1 heterocycles. The van der Waals surface area contributed by atoms with Gasteiger partial charge in [0.1, 0.15) is 0 Å². The third kappa shape index (κ3) is 4.06. The first kappa shape index (κ1) is 21.9. The van der Waals surface area contributed by atoms with Crippen molar-refractivity contribution in [1.29, 1.82) is 0 Å². The van der Waals surface area contributed by atoms with Crippen molar-refractivity contribution in [2.24, 2.45) is 0 Å². The summed E-state index contributed by atoms with van der Waals surface area (Å²) < 4.78 is 29.2. The number of benzene rings is 2. The molecule has 1 saturated heterocycles. The average Bonchev–Trinajstić information content (AvgIpc) is 2.60. The highest BCUT2D eigenvalue weighted by atomic mass is 35.5. The van der Waals surface area contributed by atoms with Crippen LogP contribution in [0.4, 0.5) is 0 Å². The second kappa shape index (κ2) is 8.31. The van der Waals surface area contributed by atoms with Gasteiger partial charge in [0.05, 0.1) is 10.9 Å². The third-order valence-corrected chi connectivity index (χ3v) is 7.77. The van der Waals surface area contributed by atoms with Gasteiger partial charge in [0.2, 0.25) is 10.0 Å². The Morgan fingerprint density at radius 2 is 1.48 bits per heavy atom. The minimum Gasteiger partial charge on any atom is -0.303 e. The van der Waals surface area contributed by atoms with Crippen LogP contribution in [-0.4, -0.2) is 44.3 Å². The topological polar surface area (TPSA) is 40.6 Å². The van der Waals surface area contributed by atoms with Crippen LogP contribution in [0.1, 0.15) is 33.9 Å². The lowest BCUT2D eigenvalue weighted by Gasteiger charge is -2.40. The van der Waals surface area contributed by atoms with Crippen molar-refractivity contribution in [2.45, 2.75) is 38.6 Å². The minimum atomic E-state index is -3.58. The third-order valence-electron chi connectivity index (χ3n) is 5.58. The van der Waals surface area contributed by atoms with Crippen LogP contribution in [0.2, 0.25) is 0 Å². The standard InChI is InChI=1S/C21H28N2O2S.ClH/c1-15-13-16(2)18(4)21(17(15)3)26(24,25)23-12-11-22(5)14-20(23)19-9-7-6-8-10-19;/h6-10,13,20H,11-12,14H2,1-5H3;1H. The van der Waals surface area contributed by atoms with E-state index >= 15 is 0 Å². The maximum atomic E-state index is 13.7. The predicted octanol–water partition coefficient (Wildman–Crippen LogP) is 4.02.